The van der Waals surface area contributed by atoms with Crippen molar-refractivity contribution in [1.29, 1.82) is 0 Å². The maximum Gasteiger partial charge on any atom is 0.393 e. The fourth-order valence-corrected chi connectivity index (χ4v) is 1.50. The Hall–Kier alpha value is -1.27. The molecule has 0 N–H and O–H groups in total. The lowest BCUT2D eigenvalue weighted by Gasteiger charge is -2.39. The highest BCUT2D eigenvalue weighted by Crippen LogP contribution is 2.62. The average Bonchev–Trinajstić information content (AvgIpc) is 2.90. The Bertz CT molecular complexity index is 573. The summed E-state index contributed by atoms with van der Waals surface area (Å²) in [5.41, 5.74) is 0. The molecule has 0 unspecified atom stereocenters. The zero-order chi connectivity index (χ0) is 19.4. The predicted octanol–water partition coefficient (Wildman–Crippen LogP) is 5.74. The van der Waals surface area contributed by atoms with Gasteiger partial charge in [-0.2, -0.15) is 52.7 Å². The first-order valence-corrected chi connectivity index (χ1v) is 5.73. The minimum Gasteiger partial charge on any atom is -0.463 e. The second-order valence-corrected chi connectivity index (χ2v) is 4.82. The molecule has 0 aliphatic rings. The van der Waals surface area contributed by atoms with Crippen LogP contribution in [-0.4, -0.2) is 29.1 Å². The summed E-state index contributed by atoms with van der Waals surface area (Å²) in [7, 11) is 0. The van der Waals surface area contributed by atoms with Gasteiger partial charge in [0.05, 0.1) is 6.26 Å². The predicted molar refractivity (Wildman–Crippen MR) is 53.2 cm³/mol. The van der Waals surface area contributed by atoms with Gasteiger partial charge in [-0.05, 0) is 23.7 Å². The fourth-order valence-electron chi connectivity index (χ4n) is 1.38. The van der Waals surface area contributed by atoms with Crippen LogP contribution in [0, 0.1) is 0 Å². The van der Waals surface area contributed by atoms with Gasteiger partial charge in [0.25, 0.3) is 0 Å². The maximum absolute atomic E-state index is 13.4. The molecule has 24 heavy (non-hydrogen) atoms. The molecule has 1 nitrogen and oxygen atoms in total. The van der Waals surface area contributed by atoms with Gasteiger partial charge in [0.15, 0.2) is 5.76 Å². The van der Waals surface area contributed by atoms with Crippen LogP contribution in [0.2, 0.25) is 0 Å². The van der Waals surface area contributed by atoms with E-state index in [1.54, 1.807) is 0 Å². The first kappa shape index (κ1) is 20.8. The molecule has 0 spiro atoms. The minimum absolute atomic E-state index is 0.0452. The molecule has 0 aliphatic carbocycles. The summed E-state index contributed by atoms with van der Waals surface area (Å²) in [6, 6.07) is 0.424. The lowest BCUT2D eigenvalue weighted by atomic mass is 9.93. The van der Waals surface area contributed by atoms with E-state index in [0.29, 0.717) is 6.07 Å². The third kappa shape index (κ3) is 2.51. The summed E-state index contributed by atoms with van der Waals surface area (Å²) in [6.07, 6.45) is 0.261. The standard InChI is InChI=1S/C10H3ClF12O/c11-10(22,23)9(20,21)8(18,19)7(16,17)6(14,15)5(12,13)4-2-1-3-24-4/h1-3H. The number of furan rings is 1. The molecule has 0 amide bonds. The summed E-state index contributed by atoms with van der Waals surface area (Å²) in [4.78, 5) is 0. The Labute approximate surface area is 129 Å². The Balaban J connectivity index is 3.51. The van der Waals surface area contributed by atoms with Crippen LogP contribution < -0.4 is 0 Å². The Morgan fingerprint density at radius 3 is 1.42 bits per heavy atom. The summed E-state index contributed by atoms with van der Waals surface area (Å²) in [5, 5.41) is -6.45. The van der Waals surface area contributed by atoms with Crippen molar-refractivity contribution in [3.63, 3.8) is 0 Å². The Morgan fingerprint density at radius 1 is 0.667 bits per heavy atom. The van der Waals surface area contributed by atoms with Gasteiger partial charge in [0, 0.05) is 0 Å². The molecular weight excluding hydrogens is 400 g/mol. The molecule has 1 rings (SSSR count). The van der Waals surface area contributed by atoms with E-state index in [0.717, 1.165) is 0 Å². The topological polar surface area (TPSA) is 13.1 Å². The van der Waals surface area contributed by atoms with E-state index in [2.05, 4.69) is 16.0 Å². The number of halogens is 13. The van der Waals surface area contributed by atoms with Crippen LogP contribution in [0.4, 0.5) is 52.7 Å². The SMILES string of the molecule is FC(F)(Cl)C(F)(F)C(F)(F)C(F)(F)C(F)(F)C(F)(F)c1ccco1. The second-order valence-electron chi connectivity index (χ2n) is 4.35. The lowest BCUT2D eigenvalue weighted by Crippen LogP contribution is -2.69. The van der Waals surface area contributed by atoms with Crippen molar-refractivity contribution >= 4 is 11.6 Å². The minimum atomic E-state index is -7.66. The average molecular weight is 403 g/mol. The number of hydrogen-bond acceptors (Lipinski definition) is 1. The van der Waals surface area contributed by atoms with Gasteiger partial charge in [-0.1, -0.05) is 0 Å². The van der Waals surface area contributed by atoms with Gasteiger partial charge in [-0.3, -0.25) is 0 Å². The van der Waals surface area contributed by atoms with Gasteiger partial charge >= 0.3 is 35.0 Å². The zero-order valence-corrected chi connectivity index (χ0v) is 11.3. The summed E-state index contributed by atoms with van der Waals surface area (Å²) in [6.45, 7) is 0. The van der Waals surface area contributed by atoms with Gasteiger partial charge in [0.1, 0.15) is 0 Å². The molecule has 1 aromatic rings. The monoisotopic (exact) mass is 402 g/mol. The molecule has 140 valence electrons. The summed E-state index contributed by atoms with van der Waals surface area (Å²) in [5.74, 6) is -38.4. The van der Waals surface area contributed by atoms with Gasteiger partial charge in [-0.25, -0.2) is 0 Å². The van der Waals surface area contributed by atoms with Crippen LogP contribution >= 0.6 is 11.6 Å². The fraction of sp³-hybridized carbons (Fsp3) is 0.600. The van der Waals surface area contributed by atoms with Crippen molar-refractivity contribution in [1.82, 2.24) is 0 Å². The van der Waals surface area contributed by atoms with Crippen LogP contribution in [0.5, 0.6) is 0 Å². The Morgan fingerprint density at radius 2 is 1.08 bits per heavy atom. The molecule has 0 aromatic carbocycles. The third-order valence-corrected chi connectivity index (χ3v) is 3.00. The highest BCUT2D eigenvalue weighted by atomic mass is 35.5. The molecule has 0 atom stereocenters. The normalized spacial score (nSPS) is 15.7. The molecule has 0 aliphatic heterocycles. The highest BCUT2D eigenvalue weighted by Gasteiger charge is 2.90. The summed E-state index contributed by atoms with van der Waals surface area (Å²) < 4.78 is 159. The number of rotatable bonds is 6. The second kappa shape index (κ2) is 5.36. The van der Waals surface area contributed by atoms with E-state index in [1.165, 1.54) is 0 Å². The number of hydrogen-bond donors (Lipinski definition) is 0. The van der Waals surface area contributed by atoms with E-state index in [-0.39, 0.29) is 12.3 Å². The van der Waals surface area contributed by atoms with Crippen molar-refractivity contribution in [3.8, 4) is 0 Å². The first-order chi connectivity index (χ1) is 10.4. The van der Waals surface area contributed by atoms with Crippen LogP contribution in [0.15, 0.2) is 22.8 Å². The van der Waals surface area contributed by atoms with Crippen molar-refractivity contribution in [3.05, 3.63) is 24.2 Å². The molecule has 0 fully saturated rings. The smallest absolute Gasteiger partial charge is 0.393 e. The van der Waals surface area contributed by atoms with Crippen molar-refractivity contribution in [2.75, 3.05) is 0 Å². The van der Waals surface area contributed by atoms with Crippen LogP contribution in [-0.2, 0) is 5.92 Å². The van der Waals surface area contributed by atoms with Gasteiger partial charge < -0.3 is 4.42 Å². The molecule has 1 aromatic heterocycles. The largest absolute Gasteiger partial charge is 0.463 e. The van der Waals surface area contributed by atoms with Crippen LogP contribution in [0.1, 0.15) is 5.76 Å². The van der Waals surface area contributed by atoms with Crippen molar-refractivity contribution in [2.45, 2.75) is 35.0 Å². The molecule has 0 saturated heterocycles. The van der Waals surface area contributed by atoms with Crippen LogP contribution in [0.25, 0.3) is 0 Å². The van der Waals surface area contributed by atoms with E-state index in [4.69, 9.17) is 0 Å². The number of alkyl halides is 13. The molecule has 0 bridgehead atoms. The molecule has 14 heteroatoms. The zero-order valence-electron chi connectivity index (χ0n) is 10.6. The maximum atomic E-state index is 13.4. The van der Waals surface area contributed by atoms with Crippen molar-refractivity contribution in [2.24, 2.45) is 0 Å². The molecule has 0 radical (unpaired) electrons. The van der Waals surface area contributed by atoms with E-state index in [9.17, 15) is 52.7 Å². The highest BCUT2D eigenvalue weighted by molar-refractivity contribution is 6.22. The third-order valence-electron chi connectivity index (χ3n) is 2.76. The molecular formula is C10H3ClF12O. The first-order valence-electron chi connectivity index (χ1n) is 5.35. The molecule has 1 heterocycles. The molecule has 0 saturated carbocycles. The van der Waals surface area contributed by atoms with Crippen molar-refractivity contribution < 1.29 is 57.1 Å². The summed E-state index contributed by atoms with van der Waals surface area (Å²) >= 11 is 3.53. The van der Waals surface area contributed by atoms with E-state index < -0.39 is 40.8 Å². The van der Waals surface area contributed by atoms with E-state index >= 15 is 0 Å². The van der Waals surface area contributed by atoms with Crippen LogP contribution in [0.3, 0.4) is 0 Å². The Kier molecular flexibility index (Phi) is 4.64. The van der Waals surface area contributed by atoms with Gasteiger partial charge in [-0.15, -0.1) is 0 Å². The quantitative estimate of drug-likeness (QED) is 0.437. The van der Waals surface area contributed by atoms with E-state index in [1.807, 2.05) is 0 Å². The van der Waals surface area contributed by atoms with Gasteiger partial charge in [0.2, 0.25) is 0 Å². The lowest BCUT2D eigenvalue weighted by molar-refractivity contribution is -0.421.